The topological polar surface area (TPSA) is 55.1 Å². The Bertz CT molecular complexity index is 2810. The molecule has 0 radical (unpaired) electrons. The van der Waals surface area contributed by atoms with Crippen LogP contribution in [0.15, 0.2) is 174 Å². The van der Waals surface area contributed by atoms with Crippen molar-refractivity contribution in [2.24, 2.45) is 0 Å². The van der Waals surface area contributed by atoms with Crippen molar-refractivity contribution in [3.63, 3.8) is 0 Å². The minimum atomic E-state index is -0.101. The third-order valence-corrected chi connectivity index (χ3v) is 10.5. The van der Waals surface area contributed by atoms with E-state index in [0.717, 1.165) is 55.7 Å². The largest absolute Gasteiger partial charge is 0.456 e. The van der Waals surface area contributed by atoms with E-state index >= 15 is 0 Å². The van der Waals surface area contributed by atoms with Crippen molar-refractivity contribution in [1.29, 1.82) is 0 Å². The Kier molecular flexibility index (Phi) is 7.08. The van der Waals surface area contributed by atoms with Crippen molar-refractivity contribution in [2.75, 3.05) is 4.90 Å². The van der Waals surface area contributed by atoms with Gasteiger partial charge in [0.25, 0.3) is 0 Å². The van der Waals surface area contributed by atoms with Gasteiger partial charge in [0.05, 0.1) is 0 Å². The van der Waals surface area contributed by atoms with Crippen molar-refractivity contribution in [1.82, 2.24) is 15.0 Å². The molecular formula is C48H34N4O. The fourth-order valence-corrected chi connectivity index (χ4v) is 7.83. The maximum absolute atomic E-state index is 6.23. The molecule has 0 unspecified atom stereocenters. The third kappa shape index (κ3) is 5.20. The first-order chi connectivity index (χ1) is 26.0. The molecule has 5 nitrogen and oxygen atoms in total. The van der Waals surface area contributed by atoms with Crippen LogP contribution in [0.2, 0.25) is 0 Å². The van der Waals surface area contributed by atoms with Gasteiger partial charge in [-0.2, -0.15) is 0 Å². The van der Waals surface area contributed by atoms with E-state index in [1.165, 1.54) is 22.3 Å². The van der Waals surface area contributed by atoms with Crippen molar-refractivity contribution < 1.29 is 4.42 Å². The van der Waals surface area contributed by atoms with Crippen LogP contribution in [0.25, 0.3) is 67.2 Å². The van der Waals surface area contributed by atoms with Crippen LogP contribution < -0.4 is 4.90 Å². The lowest BCUT2D eigenvalue weighted by Crippen LogP contribution is -2.16. The minimum absolute atomic E-state index is 0.101. The van der Waals surface area contributed by atoms with Gasteiger partial charge in [-0.05, 0) is 89.0 Å². The summed E-state index contributed by atoms with van der Waals surface area (Å²) in [6, 6.07) is 59.1. The molecule has 0 bridgehead atoms. The molecule has 0 atom stereocenters. The highest BCUT2D eigenvalue weighted by atomic mass is 16.3. The van der Waals surface area contributed by atoms with Gasteiger partial charge < -0.3 is 9.32 Å². The fraction of sp³-hybridized carbons (Fsp3) is 0.0625. The Balaban J connectivity index is 1.07. The number of furan rings is 1. The van der Waals surface area contributed by atoms with Gasteiger partial charge in [0.1, 0.15) is 11.2 Å². The quantitative estimate of drug-likeness (QED) is 0.175. The summed E-state index contributed by atoms with van der Waals surface area (Å²) in [7, 11) is 0. The van der Waals surface area contributed by atoms with E-state index in [9.17, 15) is 0 Å². The summed E-state index contributed by atoms with van der Waals surface area (Å²) in [5.74, 6) is 1.81. The molecule has 0 saturated carbocycles. The van der Waals surface area contributed by atoms with Crippen molar-refractivity contribution in [3.8, 4) is 45.3 Å². The van der Waals surface area contributed by atoms with Crippen molar-refractivity contribution >= 4 is 39.0 Å². The highest BCUT2D eigenvalue weighted by molar-refractivity contribution is 6.05. The lowest BCUT2D eigenvalue weighted by atomic mass is 9.82. The Morgan fingerprint density at radius 3 is 1.74 bits per heavy atom. The summed E-state index contributed by atoms with van der Waals surface area (Å²) in [6.45, 7) is 4.65. The molecule has 0 aliphatic heterocycles. The van der Waals surface area contributed by atoms with E-state index in [1.54, 1.807) is 0 Å². The average Bonchev–Trinajstić information content (AvgIpc) is 3.70. The SMILES string of the molecule is CC1(C)c2ccccc2-c2ccc(N(c3ccccc3)c3ccc(-c4nc(-c5ccccc5)nc(-c5ccc6c(c5)oc5ccccc56)n4)cc3)cc21. The summed E-state index contributed by atoms with van der Waals surface area (Å²) in [5.41, 5.74) is 12.8. The van der Waals surface area contributed by atoms with Crippen LogP contribution >= 0.6 is 0 Å². The standard InChI is InChI=1S/C48H34N4O/c1-48(2)41-19-11-9-17-37(41)38-28-26-36(30-42(38)48)52(34-15-7-4-8-16-34)35-24-21-32(22-25-35)46-49-45(31-13-5-3-6-14-31)50-47(51-46)33-23-27-40-39-18-10-12-20-43(39)53-44(40)29-33/h3-30H,1-2H3. The second-order valence-corrected chi connectivity index (χ2v) is 14.1. The van der Waals surface area contributed by atoms with E-state index in [4.69, 9.17) is 19.4 Å². The maximum Gasteiger partial charge on any atom is 0.164 e. The van der Waals surface area contributed by atoms with Crippen LogP contribution in [-0.4, -0.2) is 15.0 Å². The molecule has 2 aromatic heterocycles. The predicted molar refractivity (Wildman–Crippen MR) is 216 cm³/mol. The molecule has 0 spiro atoms. The Morgan fingerprint density at radius 2 is 0.962 bits per heavy atom. The molecule has 7 aromatic carbocycles. The van der Waals surface area contributed by atoms with E-state index in [-0.39, 0.29) is 5.41 Å². The van der Waals surface area contributed by atoms with Gasteiger partial charge in [-0.15, -0.1) is 0 Å². The highest BCUT2D eigenvalue weighted by Gasteiger charge is 2.35. The third-order valence-electron chi connectivity index (χ3n) is 10.5. The van der Waals surface area contributed by atoms with Gasteiger partial charge in [-0.1, -0.05) is 117 Å². The van der Waals surface area contributed by atoms with Gasteiger partial charge in [0.2, 0.25) is 0 Å². The van der Waals surface area contributed by atoms with Crippen LogP contribution in [0.4, 0.5) is 17.1 Å². The Labute approximate surface area is 307 Å². The molecule has 1 aliphatic carbocycles. The first kappa shape index (κ1) is 30.9. The van der Waals surface area contributed by atoms with Crippen LogP contribution in [0.3, 0.4) is 0 Å². The molecule has 9 aromatic rings. The van der Waals surface area contributed by atoms with E-state index in [2.05, 4.69) is 134 Å². The van der Waals surface area contributed by atoms with Crippen molar-refractivity contribution in [3.05, 3.63) is 181 Å². The highest BCUT2D eigenvalue weighted by Crippen LogP contribution is 2.50. The number of nitrogens with zero attached hydrogens (tertiary/aromatic N) is 4. The fourth-order valence-electron chi connectivity index (χ4n) is 7.83. The van der Waals surface area contributed by atoms with Gasteiger partial charge in [-0.3, -0.25) is 0 Å². The molecule has 252 valence electrons. The smallest absolute Gasteiger partial charge is 0.164 e. The maximum atomic E-state index is 6.23. The normalized spacial score (nSPS) is 12.9. The molecular weight excluding hydrogens is 649 g/mol. The summed E-state index contributed by atoms with van der Waals surface area (Å²) >= 11 is 0. The van der Waals surface area contributed by atoms with Gasteiger partial charge in [0, 0.05) is 49.9 Å². The van der Waals surface area contributed by atoms with Crippen LogP contribution in [-0.2, 0) is 5.41 Å². The molecule has 53 heavy (non-hydrogen) atoms. The van der Waals surface area contributed by atoms with Crippen LogP contribution in [0, 0.1) is 0 Å². The number of fused-ring (bicyclic) bond motifs is 6. The summed E-state index contributed by atoms with van der Waals surface area (Å²) in [4.78, 5) is 17.3. The van der Waals surface area contributed by atoms with Crippen molar-refractivity contribution in [2.45, 2.75) is 19.3 Å². The molecule has 0 saturated heterocycles. The molecule has 0 amide bonds. The summed E-state index contributed by atoms with van der Waals surface area (Å²) < 4.78 is 6.23. The van der Waals surface area contributed by atoms with Crippen LogP contribution in [0.1, 0.15) is 25.0 Å². The van der Waals surface area contributed by atoms with Crippen LogP contribution in [0.5, 0.6) is 0 Å². The van der Waals surface area contributed by atoms with E-state index in [0.29, 0.717) is 17.5 Å². The molecule has 2 heterocycles. The zero-order chi connectivity index (χ0) is 35.5. The molecule has 10 rings (SSSR count). The predicted octanol–water partition coefficient (Wildman–Crippen LogP) is 12.5. The number of anilines is 3. The van der Waals surface area contributed by atoms with Gasteiger partial charge >= 0.3 is 0 Å². The number of para-hydroxylation sites is 2. The second kappa shape index (κ2) is 12.1. The molecule has 0 fully saturated rings. The molecule has 5 heteroatoms. The minimum Gasteiger partial charge on any atom is -0.456 e. The summed E-state index contributed by atoms with van der Waals surface area (Å²) in [6.07, 6.45) is 0. The summed E-state index contributed by atoms with van der Waals surface area (Å²) in [5, 5.41) is 2.16. The molecule has 0 N–H and O–H groups in total. The average molecular weight is 683 g/mol. The first-order valence-corrected chi connectivity index (χ1v) is 17.9. The number of rotatable bonds is 6. The number of aromatic nitrogens is 3. The zero-order valence-electron chi connectivity index (χ0n) is 29.4. The number of hydrogen-bond donors (Lipinski definition) is 0. The van der Waals surface area contributed by atoms with Gasteiger partial charge in [-0.25, -0.2) is 15.0 Å². The Morgan fingerprint density at radius 1 is 0.415 bits per heavy atom. The lowest BCUT2D eigenvalue weighted by Gasteiger charge is -2.28. The lowest BCUT2D eigenvalue weighted by molar-refractivity contribution is 0.660. The number of hydrogen-bond acceptors (Lipinski definition) is 5. The Hall–Kier alpha value is -6.85. The van der Waals surface area contributed by atoms with E-state index in [1.807, 2.05) is 54.6 Å². The molecule has 1 aliphatic rings. The second-order valence-electron chi connectivity index (χ2n) is 14.1. The monoisotopic (exact) mass is 682 g/mol. The van der Waals surface area contributed by atoms with E-state index < -0.39 is 0 Å². The van der Waals surface area contributed by atoms with Gasteiger partial charge in [0.15, 0.2) is 17.5 Å². The number of benzene rings is 7. The zero-order valence-corrected chi connectivity index (χ0v) is 29.4. The first-order valence-electron chi connectivity index (χ1n) is 17.9.